The lowest BCUT2D eigenvalue weighted by Gasteiger charge is -2.26. The second-order valence-electron chi connectivity index (χ2n) is 4.11. The Morgan fingerprint density at radius 2 is 2.21 bits per heavy atom. The van der Waals surface area contributed by atoms with Gasteiger partial charge in [-0.2, -0.15) is 0 Å². The minimum Gasteiger partial charge on any atom is -0.478 e. The summed E-state index contributed by atoms with van der Waals surface area (Å²) in [5.74, 6) is -0.634. The highest BCUT2D eigenvalue weighted by atomic mass is 35.5. The number of pyridine rings is 1. The second kappa shape index (κ2) is 5.59. The number of carboxylic acids is 1. The van der Waals surface area contributed by atoms with Gasteiger partial charge in [0.15, 0.2) is 0 Å². The van der Waals surface area contributed by atoms with Gasteiger partial charge in [-0.25, -0.2) is 9.78 Å². The third-order valence-corrected chi connectivity index (χ3v) is 4.19. The molecule has 0 fully saturated rings. The average Bonchev–Trinajstić information content (AvgIpc) is 2.90. The molecular formula is C13H13ClN2O2S. The van der Waals surface area contributed by atoms with Crippen molar-refractivity contribution in [3.8, 4) is 0 Å². The third-order valence-electron chi connectivity index (χ3n) is 2.94. The van der Waals surface area contributed by atoms with E-state index in [9.17, 15) is 9.90 Å². The van der Waals surface area contributed by atoms with Crippen molar-refractivity contribution in [1.29, 1.82) is 0 Å². The molecular weight excluding hydrogens is 284 g/mol. The van der Waals surface area contributed by atoms with Gasteiger partial charge in [-0.3, -0.25) is 0 Å². The van der Waals surface area contributed by atoms with E-state index < -0.39 is 5.97 Å². The van der Waals surface area contributed by atoms with Crippen molar-refractivity contribution >= 4 is 34.7 Å². The molecule has 0 aliphatic rings. The fourth-order valence-corrected chi connectivity index (χ4v) is 2.73. The summed E-state index contributed by atoms with van der Waals surface area (Å²) in [6.07, 6.45) is 0. The van der Waals surface area contributed by atoms with Crippen molar-refractivity contribution < 1.29 is 9.90 Å². The molecule has 100 valence electrons. The van der Waals surface area contributed by atoms with E-state index in [1.807, 2.05) is 36.4 Å². The molecule has 1 unspecified atom stereocenters. The molecule has 0 amide bonds. The lowest BCUT2D eigenvalue weighted by molar-refractivity contribution is 0.0697. The molecule has 2 heterocycles. The van der Waals surface area contributed by atoms with Crippen molar-refractivity contribution in [3.05, 3.63) is 45.2 Å². The Labute approximate surface area is 120 Å². The van der Waals surface area contributed by atoms with Gasteiger partial charge in [-0.15, -0.1) is 11.3 Å². The van der Waals surface area contributed by atoms with Crippen molar-refractivity contribution in [1.82, 2.24) is 4.98 Å². The molecule has 0 radical (unpaired) electrons. The first-order valence-electron chi connectivity index (χ1n) is 5.66. The Morgan fingerprint density at radius 3 is 2.79 bits per heavy atom. The van der Waals surface area contributed by atoms with E-state index in [0.29, 0.717) is 5.82 Å². The van der Waals surface area contributed by atoms with E-state index in [4.69, 9.17) is 11.6 Å². The summed E-state index contributed by atoms with van der Waals surface area (Å²) < 4.78 is 0. The maximum absolute atomic E-state index is 11.2. The smallest absolute Gasteiger partial charge is 0.339 e. The molecule has 4 nitrogen and oxygen atoms in total. The van der Waals surface area contributed by atoms with Crippen LogP contribution in [0.3, 0.4) is 0 Å². The topological polar surface area (TPSA) is 53.4 Å². The number of aromatic nitrogens is 1. The highest BCUT2D eigenvalue weighted by molar-refractivity contribution is 7.10. The van der Waals surface area contributed by atoms with Crippen LogP contribution >= 0.6 is 22.9 Å². The first kappa shape index (κ1) is 13.8. The van der Waals surface area contributed by atoms with Crippen molar-refractivity contribution in [3.63, 3.8) is 0 Å². The monoisotopic (exact) mass is 296 g/mol. The van der Waals surface area contributed by atoms with Crippen LogP contribution in [-0.2, 0) is 0 Å². The number of carbonyl (C=O) groups is 1. The molecule has 2 aromatic heterocycles. The van der Waals surface area contributed by atoms with Gasteiger partial charge in [0, 0.05) is 11.9 Å². The molecule has 0 aliphatic carbocycles. The highest BCUT2D eigenvalue weighted by Gasteiger charge is 2.21. The van der Waals surface area contributed by atoms with E-state index >= 15 is 0 Å². The minimum atomic E-state index is -1.01. The van der Waals surface area contributed by atoms with E-state index in [-0.39, 0.29) is 16.8 Å². The standard InChI is InChI=1S/C13H13ClN2O2S/c1-8(10-4-3-7-19-10)16(2)12-9(13(17)18)5-6-11(14)15-12/h3-8H,1-2H3,(H,17,18). The van der Waals surface area contributed by atoms with Gasteiger partial charge in [0.25, 0.3) is 0 Å². The van der Waals surface area contributed by atoms with Crippen LogP contribution in [0.15, 0.2) is 29.6 Å². The zero-order chi connectivity index (χ0) is 14.0. The number of thiophene rings is 1. The van der Waals surface area contributed by atoms with Gasteiger partial charge < -0.3 is 10.0 Å². The van der Waals surface area contributed by atoms with Crippen LogP contribution < -0.4 is 4.90 Å². The maximum atomic E-state index is 11.2. The van der Waals surface area contributed by atoms with E-state index in [1.54, 1.807) is 11.3 Å². The molecule has 0 saturated heterocycles. The number of hydrogen-bond donors (Lipinski definition) is 1. The molecule has 0 aromatic carbocycles. The van der Waals surface area contributed by atoms with Crippen molar-refractivity contribution in [2.75, 3.05) is 11.9 Å². The van der Waals surface area contributed by atoms with Crippen LogP contribution in [0.5, 0.6) is 0 Å². The molecule has 19 heavy (non-hydrogen) atoms. The summed E-state index contributed by atoms with van der Waals surface area (Å²) in [4.78, 5) is 18.3. The second-order valence-corrected chi connectivity index (χ2v) is 5.48. The van der Waals surface area contributed by atoms with Crippen LogP contribution in [0.1, 0.15) is 28.2 Å². The van der Waals surface area contributed by atoms with Crippen LogP contribution in [0, 0.1) is 0 Å². The predicted octanol–water partition coefficient (Wildman–Crippen LogP) is 3.69. The minimum absolute atomic E-state index is 0.0315. The first-order chi connectivity index (χ1) is 9.00. The quantitative estimate of drug-likeness (QED) is 0.874. The fraction of sp³-hybridized carbons (Fsp3) is 0.231. The third kappa shape index (κ3) is 2.88. The van der Waals surface area contributed by atoms with Gasteiger partial charge >= 0.3 is 5.97 Å². The number of aromatic carboxylic acids is 1. The summed E-state index contributed by atoms with van der Waals surface area (Å²) in [5, 5.41) is 11.5. The number of anilines is 1. The van der Waals surface area contributed by atoms with Crippen LogP contribution in [0.4, 0.5) is 5.82 Å². The molecule has 0 aliphatic heterocycles. The Bertz CT molecular complexity index is 586. The average molecular weight is 297 g/mol. The summed E-state index contributed by atoms with van der Waals surface area (Å²) >= 11 is 7.49. The van der Waals surface area contributed by atoms with Crippen molar-refractivity contribution in [2.24, 2.45) is 0 Å². The summed E-state index contributed by atoms with van der Waals surface area (Å²) in [7, 11) is 1.81. The Kier molecular flexibility index (Phi) is 4.07. The van der Waals surface area contributed by atoms with E-state index in [1.165, 1.54) is 12.1 Å². The van der Waals surface area contributed by atoms with Crippen LogP contribution in [0.25, 0.3) is 0 Å². The first-order valence-corrected chi connectivity index (χ1v) is 6.92. The van der Waals surface area contributed by atoms with Crippen LogP contribution in [0.2, 0.25) is 5.15 Å². The Balaban J connectivity index is 2.40. The number of halogens is 1. The molecule has 1 N–H and O–H groups in total. The van der Waals surface area contributed by atoms with E-state index in [2.05, 4.69) is 4.98 Å². The van der Waals surface area contributed by atoms with Gasteiger partial charge in [0.05, 0.1) is 6.04 Å². The molecule has 0 bridgehead atoms. The van der Waals surface area contributed by atoms with Gasteiger partial charge in [-0.05, 0) is 30.5 Å². The largest absolute Gasteiger partial charge is 0.478 e. The number of carboxylic acid groups (broad SMARTS) is 1. The van der Waals surface area contributed by atoms with Crippen LogP contribution in [-0.4, -0.2) is 23.1 Å². The lowest BCUT2D eigenvalue weighted by Crippen LogP contribution is -2.24. The molecule has 0 spiro atoms. The Hall–Kier alpha value is -1.59. The lowest BCUT2D eigenvalue weighted by atomic mass is 10.2. The highest BCUT2D eigenvalue weighted by Crippen LogP contribution is 2.30. The fourth-order valence-electron chi connectivity index (χ4n) is 1.76. The van der Waals surface area contributed by atoms with Gasteiger partial charge in [0.1, 0.15) is 16.5 Å². The molecule has 0 saturated carbocycles. The number of hydrogen-bond acceptors (Lipinski definition) is 4. The van der Waals surface area contributed by atoms with Crippen molar-refractivity contribution in [2.45, 2.75) is 13.0 Å². The number of nitrogens with zero attached hydrogens (tertiary/aromatic N) is 2. The maximum Gasteiger partial charge on any atom is 0.339 e. The van der Waals surface area contributed by atoms with E-state index in [0.717, 1.165) is 4.88 Å². The summed E-state index contributed by atoms with van der Waals surface area (Å²) in [6.45, 7) is 2.00. The zero-order valence-corrected chi connectivity index (χ0v) is 12.1. The van der Waals surface area contributed by atoms with Gasteiger partial charge in [-0.1, -0.05) is 17.7 Å². The Morgan fingerprint density at radius 1 is 1.47 bits per heavy atom. The predicted molar refractivity (Wildman–Crippen MR) is 77.3 cm³/mol. The number of rotatable bonds is 4. The normalized spacial score (nSPS) is 12.2. The van der Waals surface area contributed by atoms with Gasteiger partial charge in [0.2, 0.25) is 0 Å². The molecule has 2 aromatic rings. The molecule has 6 heteroatoms. The molecule has 2 rings (SSSR count). The zero-order valence-electron chi connectivity index (χ0n) is 10.5. The SMILES string of the molecule is CC(c1cccs1)N(C)c1nc(Cl)ccc1C(=O)O. The summed E-state index contributed by atoms with van der Waals surface area (Å²) in [6, 6.07) is 6.97. The molecule has 1 atom stereocenters. The summed E-state index contributed by atoms with van der Waals surface area (Å²) in [5.41, 5.74) is 0.148.